The van der Waals surface area contributed by atoms with Crippen LogP contribution in [0.25, 0.3) is 0 Å². The maximum absolute atomic E-state index is 5.37. The minimum Gasteiger partial charge on any atom is -0.330 e. The number of thiocarbonyl (C=S) groups is 1. The molecule has 0 aliphatic heterocycles. The molecule has 0 saturated heterocycles. The van der Waals surface area contributed by atoms with Gasteiger partial charge in [-0.2, -0.15) is 10.2 Å². The van der Waals surface area contributed by atoms with Gasteiger partial charge in [0.15, 0.2) is 5.11 Å². The van der Waals surface area contributed by atoms with Gasteiger partial charge in [0, 0.05) is 12.7 Å². The molecule has 0 amide bonds. The molecule has 2 aromatic heterocycles. The Morgan fingerprint density at radius 1 is 1.12 bits per heavy atom. The lowest BCUT2D eigenvalue weighted by Gasteiger charge is -2.08. The third-order valence-corrected chi connectivity index (χ3v) is 3.93. The quantitative estimate of drug-likeness (QED) is 0.698. The van der Waals surface area contributed by atoms with Crippen molar-refractivity contribution in [3.05, 3.63) is 60.2 Å². The van der Waals surface area contributed by atoms with Crippen molar-refractivity contribution in [1.82, 2.24) is 19.6 Å². The number of rotatable bonds is 5. The zero-order chi connectivity index (χ0) is 16.9. The van der Waals surface area contributed by atoms with E-state index in [0.717, 1.165) is 30.2 Å². The molecule has 7 heteroatoms. The van der Waals surface area contributed by atoms with Crippen molar-refractivity contribution in [2.75, 3.05) is 10.6 Å². The average Bonchev–Trinajstić information content (AvgIpc) is 3.15. The molecule has 0 fully saturated rings. The van der Waals surface area contributed by atoms with Gasteiger partial charge in [-0.25, -0.2) is 0 Å². The van der Waals surface area contributed by atoms with Gasteiger partial charge in [-0.3, -0.25) is 9.36 Å². The van der Waals surface area contributed by atoms with E-state index in [0.29, 0.717) is 5.11 Å². The van der Waals surface area contributed by atoms with Gasteiger partial charge in [-0.1, -0.05) is 30.3 Å². The van der Waals surface area contributed by atoms with Crippen molar-refractivity contribution in [2.45, 2.75) is 26.9 Å². The van der Waals surface area contributed by atoms with Gasteiger partial charge in [-0.05, 0) is 31.6 Å². The molecule has 0 aliphatic carbocycles. The van der Waals surface area contributed by atoms with E-state index in [1.165, 1.54) is 5.56 Å². The zero-order valence-corrected chi connectivity index (χ0v) is 14.5. The van der Waals surface area contributed by atoms with Crippen LogP contribution in [-0.4, -0.2) is 24.7 Å². The molecule has 24 heavy (non-hydrogen) atoms. The molecule has 0 aliphatic rings. The summed E-state index contributed by atoms with van der Waals surface area (Å²) < 4.78 is 3.80. The third-order valence-electron chi connectivity index (χ3n) is 3.73. The second-order valence-corrected chi connectivity index (χ2v) is 5.86. The van der Waals surface area contributed by atoms with Gasteiger partial charge < -0.3 is 10.6 Å². The summed E-state index contributed by atoms with van der Waals surface area (Å²) in [5, 5.41) is 15.5. The van der Waals surface area contributed by atoms with E-state index in [1.807, 2.05) is 40.7 Å². The summed E-state index contributed by atoms with van der Waals surface area (Å²) in [7, 11) is 0. The van der Waals surface area contributed by atoms with E-state index in [4.69, 9.17) is 12.2 Å². The number of nitrogens with one attached hydrogen (secondary N) is 2. The molecule has 0 spiro atoms. The Balaban J connectivity index is 1.60. The van der Waals surface area contributed by atoms with Crippen molar-refractivity contribution < 1.29 is 0 Å². The molecule has 0 radical (unpaired) electrons. The Labute approximate surface area is 146 Å². The normalized spacial score (nSPS) is 10.6. The van der Waals surface area contributed by atoms with Crippen LogP contribution in [0.1, 0.15) is 18.2 Å². The lowest BCUT2D eigenvalue weighted by atomic mass is 10.2. The summed E-state index contributed by atoms with van der Waals surface area (Å²) >= 11 is 5.37. The Hall–Kier alpha value is -2.67. The topological polar surface area (TPSA) is 59.7 Å². The fraction of sp³-hybridized carbons (Fsp3) is 0.235. The number of aryl methyl sites for hydroxylation is 1. The first kappa shape index (κ1) is 16.2. The fourth-order valence-corrected chi connectivity index (χ4v) is 2.69. The number of anilines is 2. The number of nitrogens with zero attached hydrogens (tertiary/aromatic N) is 4. The first-order valence-corrected chi connectivity index (χ1v) is 8.23. The smallest absolute Gasteiger partial charge is 0.175 e. The largest absolute Gasteiger partial charge is 0.330 e. The number of aromatic nitrogens is 4. The van der Waals surface area contributed by atoms with Crippen molar-refractivity contribution in [3.63, 3.8) is 0 Å². The standard InChI is InChI=1S/C17H20N6S/c1-3-23-13(2)16(10-19-23)21-17(24)20-15-9-18-22(12-15)11-14-7-5-4-6-8-14/h4-10,12H,3,11H2,1-2H3,(H2,20,21,24). The molecule has 0 bridgehead atoms. The van der Waals surface area contributed by atoms with Crippen molar-refractivity contribution >= 4 is 28.7 Å². The summed E-state index contributed by atoms with van der Waals surface area (Å²) in [6.07, 6.45) is 5.48. The maximum Gasteiger partial charge on any atom is 0.175 e. The highest BCUT2D eigenvalue weighted by atomic mass is 32.1. The van der Waals surface area contributed by atoms with Crippen LogP contribution in [0.2, 0.25) is 0 Å². The SMILES string of the molecule is CCn1ncc(NC(=S)Nc2cnn(Cc3ccccc3)c2)c1C. The molecule has 2 heterocycles. The van der Waals surface area contributed by atoms with E-state index in [1.54, 1.807) is 12.4 Å². The lowest BCUT2D eigenvalue weighted by Crippen LogP contribution is -2.19. The maximum atomic E-state index is 5.37. The Morgan fingerprint density at radius 3 is 2.62 bits per heavy atom. The first-order chi connectivity index (χ1) is 11.7. The van der Waals surface area contributed by atoms with Crippen molar-refractivity contribution in [3.8, 4) is 0 Å². The van der Waals surface area contributed by atoms with Gasteiger partial charge in [-0.15, -0.1) is 0 Å². The number of hydrogen-bond donors (Lipinski definition) is 2. The molecule has 3 rings (SSSR count). The molecule has 6 nitrogen and oxygen atoms in total. The van der Waals surface area contributed by atoms with Crippen LogP contribution in [0.4, 0.5) is 11.4 Å². The van der Waals surface area contributed by atoms with E-state index >= 15 is 0 Å². The van der Waals surface area contributed by atoms with Gasteiger partial charge in [0.05, 0.1) is 36.0 Å². The highest BCUT2D eigenvalue weighted by molar-refractivity contribution is 7.80. The Morgan fingerprint density at radius 2 is 1.92 bits per heavy atom. The van der Waals surface area contributed by atoms with E-state index in [2.05, 4.69) is 39.9 Å². The van der Waals surface area contributed by atoms with E-state index < -0.39 is 0 Å². The molecule has 0 atom stereocenters. The summed E-state index contributed by atoms with van der Waals surface area (Å²) in [5.74, 6) is 0. The highest BCUT2D eigenvalue weighted by Crippen LogP contribution is 2.14. The average molecular weight is 340 g/mol. The molecular formula is C17H20N6S. The third kappa shape index (κ3) is 3.80. The lowest BCUT2D eigenvalue weighted by molar-refractivity contribution is 0.640. The fourth-order valence-electron chi connectivity index (χ4n) is 2.46. The van der Waals surface area contributed by atoms with Crippen LogP contribution in [0, 0.1) is 6.92 Å². The molecule has 3 aromatic rings. The molecule has 124 valence electrons. The van der Waals surface area contributed by atoms with Gasteiger partial charge in [0.1, 0.15) is 0 Å². The minimum atomic E-state index is 0.521. The van der Waals surface area contributed by atoms with Gasteiger partial charge >= 0.3 is 0 Å². The molecule has 0 saturated carbocycles. The second kappa shape index (κ2) is 7.27. The predicted molar refractivity (Wildman–Crippen MR) is 100 cm³/mol. The Kier molecular flexibility index (Phi) is 4.90. The highest BCUT2D eigenvalue weighted by Gasteiger charge is 2.07. The first-order valence-electron chi connectivity index (χ1n) is 7.82. The van der Waals surface area contributed by atoms with E-state index in [9.17, 15) is 0 Å². The second-order valence-electron chi connectivity index (χ2n) is 5.45. The zero-order valence-electron chi connectivity index (χ0n) is 13.7. The summed E-state index contributed by atoms with van der Waals surface area (Å²) in [5.41, 5.74) is 4.02. The minimum absolute atomic E-state index is 0.521. The van der Waals surface area contributed by atoms with Gasteiger partial charge in [0.2, 0.25) is 0 Å². The summed E-state index contributed by atoms with van der Waals surface area (Å²) in [6.45, 7) is 5.63. The predicted octanol–water partition coefficient (Wildman–Crippen LogP) is 3.27. The van der Waals surface area contributed by atoms with Crippen molar-refractivity contribution in [1.29, 1.82) is 0 Å². The Bertz CT molecular complexity index is 821. The number of hydrogen-bond acceptors (Lipinski definition) is 3. The van der Waals surface area contributed by atoms with Crippen LogP contribution in [0.5, 0.6) is 0 Å². The summed E-state index contributed by atoms with van der Waals surface area (Å²) in [6, 6.07) is 10.2. The molecule has 1 aromatic carbocycles. The van der Waals surface area contributed by atoms with Gasteiger partial charge in [0.25, 0.3) is 0 Å². The molecule has 2 N–H and O–H groups in total. The van der Waals surface area contributed by atoms with Crippen LogP contribution >= 0.6 is 12.2 Å². The van der Waals surface area contributed by atoms with Crippen molar-refractivity contribution in [2.24, 2.45) is 0 Å². The van der Waals surface area contributed by atoms with Crippen LogP contribution in [-0.2, 0) is 13.1 Å². The monoisotopic (exact) mass is 340 g/mol. The van der Waals surface area contributed by atoms with Crippen LogP contribution < -0.4 is 10.6 Å². The number of benzene rings is 1. The summed E-state index contributed by atoms with van der Waals surface area (Å²) in [4.78, 5) is 0. The van der Waals surface area contributed by atoms with Crippen LogP contribution in [0.15, 0.2) is 48.9 Å². The molecule has 0 unspecified atom stereocenters. The molecular weight excluding hydrogens is 320 g/mol. The van der Waals surface area contributed by atoms with E-state index in [-0.39, 0.29) is 0 Å². The van der Waals surface area contributed by atoms with Crippen LogP contribution in [0.3, 0.4) is 0 Å².